The molecule has 0 atom stereocenters. The van der Waals surface area contributed by atoms with Crippen LogP contribution in [0, 0.1) is 0 Å². The first-order chi connectivity index (χ1) is 10.7. The van der Waals surface area contributed by atoms with Crippen molar-refractivity contribution in [3.63, 3.8) is 0 Å². The summed E-state index contributed by atoms with van der Waals surface area (Å²) in [5, 5.41) is 3.76. The van der Waals surface area contributed by atoms with Gasteiger partial charge in [-0.1, -0.05) is 31.4 Å². The van der Waals surface area contributed by atoms with E-state index in [1.165, 1.54) is 24.1 Å². The number of nitrogens with one attached hydrogen (secondary N) is 1. The average Bonchev–Trinajstić information content (AvgIpc) is 2.98. The Labute approximate surface area is 140 Å². The van der Waals surface area contributed by atoms with Crippen LogP contribution in [0.2, 0.25) is 5.02 Å². The van der Waals surface area contributed by atoms with E-state index in [1.807, 2.05) is 18.2 Å². The number of carbonyl (C=O) groups excluding carboxylic acids is 1. The van der Waals surface area contributed by atoms with Crippen molar-refractivity contribution < 1.29 is 4.79 Å². The van der Waals surface area contributed by atoms with Crippen molar-refractivity contribution in [2.45, 2.75) is 32.6 Å². The Hall–Kier alpha value is -1.58. The van der Waals surface area contributed by atoms with Crippen LogP contribution in [0.5, 0.6) is 0 Å². The largest absolute Gasteiger partial charge is 0.362 e. The van der Waals surface area contributed by atoms with Gasteiger partial charge in [0.05, 0.1) is 4.88 Å². The van der Waals surface area contributed by atoms with Crippen LogP contribution in [0.3, 0.4) is 0 Å². The maximum Gasteiger partial charge on any atom is 0.197 e. The molecule has 1 aromatic carbocycles. The maximum absolute atomic E-state index is 12.1. The molecule has 2 aromatic rings. The Morgan fingerprint density at radius 1 is 1.18 bits per heavy atom. The molecule has 4 heteroatoms. The molecule has 0 spiro atoms. The molecule has 1 heterocycles. The van der Waals surface area contributed by atoms with Crippen molar-refractivity contribution in [1.29, 1.82) is 0 Å². The Morgan fingerprint density at radius 2 is 1.95 bits per heavy atom. The van der Waals surface area contributed by atoms with Crippen molar-refractivity contribution in [2.75, 3.05) is 5.32 Å². The van der Waals surface area contributed by atoms with Gasteiger partial charge in [-0.15, -0.1) is 11.3 Å². The highest BCUT2D eigenvalue weighted by Crippen LogP contribution is 2.20. The fraction of sp³-hybridized carbons (Fsp3) is 0.278. The second kappa shape index (κ2) is 8.76. The summed E-state index contributed by atoms with van der Waals surface area (Å²) >= 11 is 7.42. The van der Waals surface area contributed by atoms with E-state index >= 15 is 0 Å². The van der Waals surface area contributed by atoms with Crippen LogP contribution in [0.4, 0.5) is 5.69 Å². The monoisotopic (exact) mass is 333 g/mol. The Balaban J connectivity index is 1.86. The number of anilines is 1. The lowest BCUT2D eigenvalue weighted by Gasteiger charge is -1.99. The van der Waals surface area contributed by atoms with Crippen molar-refractivity contribution in [3.05, 3.63) is 63.5 Å². The quantitative estimate of drug-likeness (QED) is 0.368. The fourth-order valence-electron chi connectivity index (χ4n) is 2.04. The van der Waals surface area contributed by atoms with Gasteiger partial charge >= 0.3 is 0 Å². The lowest BCUT2D eigenvalue weighted by Crippen LogP contribution is -1.93. The highest BCUT2D eigenvalue weighted by Gasteiger charge is 2.06. The Morgan fingerprint density at radius 3 is 2.68 bits per heavy atom. The normalized spacial score (nSPS) is 11.0. The third kappa shape index (κ3) is 5.32. The summed E-state index contributed by atoms with van der Waals surface area (Å²) in [6.45, 7) is 2.20. The molecule has 1 aromatic heterocycles. The van der Waals surface area contributed by atoms with E-state index in [2.05, 4.69) is 18.3 Å². The molecule has 0 aliphatic rings. The van der Waals surface area contributed by atoms with Gasteiger partial charge in [-0.05, 0) is 49.2 Å². The minimum atomic E-state index is 0.0354. The second-order valence-corrected chi connectivity index (χ2v) is 6.68. The number of hydrogen-bond acceptors (Lipinski definition) is 3. The smallest absolute Gasteiger partial charge is 0.197 e. The number of ketones is 1. The number of rotatable bonds is 8. The molecular formula is C18H20ClNOS. The number of halogens is 1. The number of thiophene rings is 1. The van der Waals surface area contributed by atoms with Crippen molar-refractivity contribution in [3.8, 4) is 0 Å². The molecular weight excluding hydrogens is 314 g/mol. The first-order valence-corrected chi connectivity index (χ1v) is 8.70. The minimum Gasteiger partial charge on any atom is -0.362 e. The van der Waals surface area contributed by atoms with E-state index < -0.39 is 0 Å². The van der Waals surface area contributed by atoms with Crippen LogP contribution in [0.25, 0.3) is 0 Å². The lowest BCUT2D eigenvalue weighted by atomic mass is 10.2. The topological polar surface area (TPSA) is 29.1 Å². The summed E-state index contributed by atoms with van der Waals surface area (Å²) in [7, 11) is 0. The van der Waals surface area contributed by atoms with E-state index in [1.54, 1.807) is 35.7 Å². The zero-order valence-electron chi connectivity index (χ0n) is 12.6. The van der Waals surface area contributed by atoms with Crippen molar-refractivity contribution in [2.24, 2.45) is 0 Å². The molecule has 116 valence electrons. The van der Waals surface area contributed by atoms with Crippen molar-refractivity contribution in [1.82, 2.24) is 0 Å². The summed E-state index contributed by atoms with van der Waals surface area (Å²) < 4.78 is 0. The van der Waals surface area contributed by atoms with Gasteiger partial charge in [0.2, 0.25) is 0 Å². The van der Waals surface area contributed by atoms with E-state index in [4.69, 9.17) is 11.6 Å². The number of aryl methyl sites for hydroxylation is 1. The Kier molecular flexibility index (Phi) is 6.69. The van der Waals surface area contributed by atoms with E-state index in [9.17, 15) is 4.79 Å². The van der Waals surface area contributed by atoms with Gasteiger partial charge in [-0.25, -0.2) is 0 Å². The average molecular weight is 334 g/mol. The van der Waals surface area contributed by atoms with Crippen LogP contribution in [-0.4, -0.2) is 5.78 Å². The van der Waals surface area contributed by atoms with Gasteiger partial charge < -0.3 is 5.32 Å². The number of carbonyl (C=O) groups is 1. The molecule has 0 aliphatic carbocycles. The van der Waals surface area contributed by atoms with Crippen LogP contribution in [0.1, 0.15) is 40.7 Å². The minimum absolute atomic E-state index is 0.0354. The zero-order chi connectivity index (χ0) is 15.8. The SMILES string of the molecule is CCCCCc1ccc(C(=O)/C=C\Nc2ccc(Cl)cc2)s1. The van der Waals surface area contributed by atoms with E-state index in [0.29, 0.717) is 5.02 Å². The zero-order valence-corrected chi connectivity index (χ0v) is 14.2. The molecule has 0 amide bonds. The lowest BCUT2D eigenvalue weighted by molar-refractivity contribution is 0.105. The predicted octanol–water partition coefficient (Wildman–Crippen LogP) is 5.94. The van der Waals surface area contributed by atoms with Crippen LogP contribution in [-0.2, 0) is 6.42 Å². The molecule has 22 heavy (non-hydrogen) atoms. The van der Waals surface area contributed by atoms with Gasteiger partial charge in [0, 0.05) is 27.9 Å². The predicted molar refractivity (Wildman–Crippen MR) is 96.1 cm³/mol. The standard InChI is InChI=1S/C18H20ClNOS/c1-2-3-4-5-16-10-11-18(22-16)17(21)12-13-20-15-8-6-14(19)7-9-15/h6-13,20H,2-5H2,1H3/b13-12-. The molecule has 0 bridgehead atoms. The number of benzene rings is 1. The van der Waals surface area contributed by atoms with Crippen LogP contribution >= 0.6 is 22.9 Å². The van der Waals surface area contributed by atoms with Gasteiger partial charge in [0.15, 0.2) is 5.78 Å². The first kappa shape index (κ1) is 16.8. The maximum atomic E-state index is 12.1. The number of allylic oxidation sites excluding steroid dienone is 1. The van der Waals surface area contributed by atoms with Gasteiger partial charge in [0.25, 0.3) is 0 Å². The molecule has 0 saturated carbocycles. The van der Waals surface area contributed by atoms with Crippen LogP contribution in [0.15, 0.2) is 48.7 Å². The summed E-state index contributed by atoms with van der Waals surface area (Å²) in [4.78, 5) is 14.2. The van der Waals surface area contributed by atoms with Gasteiger partial charge in [-0.3, -0.25) is 4.79 Å². The van der Waals surface area contributed by atoms with E-state index in [0.717, 1.165) is 17.0 Å². The van der Waals surface area contributed by atoms with Gasteiger partial charge in [-0.2, -0.15) is 0 Å². The third-order valence-corrected chi connectivity index (χ3v) is 4.67. The number of hydrogen-bond donors (Lipinski definition) is 1. The molecule has 2 rings (SSSR count). The molecule has 0 saturated heterocycles. The van der Waals surface area contributed by atoms with Crippen molar-refractivity contribution >= 4 is 34.4 Å². The molecule has 1 N–H and O–H groups in total. The molecule has 0 fully saturated rings. The fourth-order valence-corrected chi connectivity index (χ4v) is 3.13. The highest BCUT2D eigenvalue weighted by atomic mass is 35.5. The molecule has 0 radical (unpaired) electrons. The van der Waals surface area contributed by atoms with Crippen LogP contribution < -0.4 is 5.32 Å². The summed E-state index contributed by atoms with van der Waals surface area (Å²) in [5.74, 6) is 0.0354. The highest BCUT2D eigenvalue weighted by molar-refractivity contribution is 7.14. The summed E-state index contributed by atoms with van der Waals surface area (Å²) in [6, 6.07) is 11.3. The summed E-state index contributed by atoms with van der Waals surface area (Å²) in [5.41, 5.74) is 0.903. The number of unbranched alkanes of at least 4 members (excludes halogenated alkanes) is 2. The van der Waals surface area contributed by atoms with E-state index in [-0.39, 0.29) is 5.78 Å². The van der Waals surface area contributed by atoms with Gasteiger partial charge in [0.1, 0.15) is 0 Å². The molecule has 0 aliphatic heterocycles. The molecule has 2 nitrogen and oxygen atoms in total. The summed E-state index contributed by atoms with van der Waals surface area (Å²) in [6.07, 6.45) is 7.96. The first-order valence-electron chi connectivity index (χ1n) is 7.50. The molecule has 0 unspecified atom stereocenters. The third-order valence-electron chi connectivity index (χ3n) is 3.26. The second-order valence-electron chi connectivity index (χ2n) is 5.07. The Bertz CT molecular complexity index is 631.